The molecule has 116 valence electrons. The lowest BCUT2D eigenvalue weighted by atomic mass is 9.80. The maximum Gasteiger partial charge on any atom is 0.335 e. The molecule has 0 aliphatic rings. The van der Waals surface area contributed by atoms with Crippen LogP contribution >= 0.6 is 0 Å². The van der Waals surface area contributed by atoms with Crippen molar-refractivity contribution in [1.29, 1.82) is 0 Å². The molecule has 0 radical (unpaired) electrons. The summed E-state index contributed by atoms with van der Waals surface area (Å²) in [5, 5.41) is 8.92. The Morgan fingerprint density at radius 1 is 1.33 bits per heavy atom. The van der Waals surface area contributed by atoms with Crippen molar-refractivity contribution >= 4 is 23.3 Å². The van der Waals surface area contributed by atoms with Gasteiger partial charge in [-0.05, 0) is 29.5 Å². The number of nitrogens with two attached hydrogens (primary N) is 1. The standard InChI is InChI=1S/C16H24N2O3/c1-10(16(2,3)4)8-14(19)18(5)13-7-6-11(15(20)21)9-12(13)17/h6-7,9-10H,8,17H2,1-5H3,(H,20,21). The number of benzene rings is 1. The maximum atomic E-state index is 12.3. The molecule has 1 aromatic carbocycles. The van der Waals surface area contributed by atoms with Gasteiger partial charge in [-0.3, -0.25) is 4.79 Å². The second-order valence-electron chi connectivity index (χ2n) is 6.50. The van der Waals surface area contributed by atoms with E-state index in [2.05, 4.69) is 20.8 Å². The number of carboxylic acid groups (broad SMARTS) is 1. The van der Waals surface area contributed by atoms with Crippen molar-refractivity contribution in [2.24, 2.45) is 11.3 Å². The highest BCUT2D eigenvalue weighted by Crippen LogP contribution is 2.30. The molecule has 1 amide bonds. The van der Waals surface area contributed by atoms with Crippen molar-refractivity contribution in [2.75, 3.05) is 17.7 Å². The Labute approximate surface area is 125 Å². The highest BCUT2D eigenvalue weighted by atomic mass is 16.4. The molecule has 0 spiro atoms. The molecule has 3 N–H and O–H groups in total. The summed E-state index contributed by atoms with van der Waals surface area (Å²) >= 11 is 0. The van der Waals surface area contributed by atoms with Crippen LogP contribution in [0.25, 0.3) is 0 Å². The summed E-state index contributed by atoms with van der Waals surface area (Å²) in [6.07, 6.45) is 0.417. The minimum Gasteiger partial charge on any atom is -0.478 e. The van der Waals surface area contributed by atoms with Crippen molar-refractivity contribution in [1.82, 2.24) is 0 Å². The van der Waals surface area contributed by atoms with Crippen LogP contribution in [-0.4, -0.2) is 24.0 Å². The Morgan fingerprint density at radius 2 is 1.90 bits per heavy atom. The third-order valence-electron chi connectivity index (χ3n) is 3.97. The minimum absolute atomic E-state index is 0.0350. The number of aromatic carboxylic acids is 1. The maximum absolute atomic E-state index is 12.3. The fourth-order valence-electron chi connectivity index (χ4n) is 1.83. The predicted octanol–water partition coefficient (Wildman–Crippen LogP) is 3.00. The number of anilines is 2. The molecule has 0 heterocycles. The summed E-state index contributed by atoms with van der Waals surface area (Å²) in [6, 6.07) is 4.39. The van der Waals surface area contributed by atoms with Gasteiger partial charge in [-0.25, -0.2) is 4.79 Å². The average Bonchev–Trinajstić information content (AvgIpc) is 2.36. The molecule has 0 aliphatic carbocycles. The SMILES string of the molecule is CC(CC(=O)N(C)c1ccc(C(=O)O)cc1N)C(C)(C)C. The number of carbonyl (C=O) groups is 2. The van der Waals surface area contributed by atoms with Crippen LogP contribution in [0.2, 0.25) is 0 Å². The van der Waals surface area contributed by atoms with Gasteiger partial charge in [-0.2, -0.15) is 0 Å². The Bertz CT molecular complexity index is 547. The number of carbonyl (C=O) groups excluding carboxylic acids is 1. The summed E-state index contributed by atoms with van der Waals surface area (Å²) < 4.78 is 0. The van der Waals surface area contributed by atoms with Gasteiger partial charge in [0.2, 0.25) is 5.91 Å². The van der Waals surface area contributed by atoms with Crippen molar-refractivity contribution < 1.29 is 14.7 Å². The topological polar surface area (TPSA) is 83.6 Å². The summed E-state index contributed by atoms with van der Waals surface area (Å²) in [6.45, 7) is 8.34. The first-order valence-electron chi connectivity index (χ1n) is 6.93. The molecular formula is C16H24N2O3. The zero-order chi connectivity index (χ0) is 16.4. The molecular weight excluding hydrogens is 268 g/mol. The van der Waals surface area contributed by atoms with Gasteiger partial charge < -0.3 is 15.7 Å². The molecule has 0 bridgehead atoms. The van der Waals surface area contributed by atoms with E-state index in [1.165, 1.54) is 17.0 Å². The van der Waals surface area contributed by atoms with Crippen LogP contribution in [0, 0.1) is 11.3 Å². The molecule has 0 saturated heterocycles. The third kappa shape index (κ3) is 4.21. The Morgan fingerprint density at radius 3 is 2.33 bits per heavy atom. The summed E-state index contributed by atoms with van der Waals surface area (Å²) in [5.74, 6) is -0.845. The molecule has 0 aliphatic heterocycles. The Kier molecular flexibility index (Phi) is 4.99. The van der Waals surface area contributed by atoms with Gasteiger partial charge in [0.05, 0.1) is 16.9 Å². The predicted molar refractivity (Wildman–Crippen MR) is 84.5 cm³/mol. The molecule has 5 heteroatoms. The normalized spacial score (nSPS) is 12.8. The van der Waals surface area contributed by atoms with Crippen LogP contribution in [0.15, 0.2) is 18.2 Å². The summed E-state index contributed by atoms with van der Waals surface area (Å²) in [5.41, 5.74) is 6.84. The van der Waals surface area contributed by atoms with Gasteiger partial charge in [0, 0.05) is 13.5 Å². The number of carboxylic acids is 1. The van der Waals surface area contributed by atoms with Gasteiger partial charge in [0.15, 0.2) is 0 Å². The number of nitrogens with zero attached hydrogens (tertiary/aromatic N) is 1. The van der Waals surface area contributed by atoms with E-state index in [0.717, 1.165) is 0 Å². The molecule has 1 aromatic rings. The van der Waals surface area contributed by atoms with Gasteiger partial charge in [-0.1, -0.05) is 27.7 Å². The lowest BCUT2D eigenvalue weighted by molar-refractivity contribution is -0.119. The molecule has 0 saturated carbocycles. The summed E-state index contributed by atoms with van der Waals surface area (Å²) in [7, 11) is 1.66. The van der Waals surface area contributed by atoms with Gasteiger partial charge in [0.25, 0.3) is 0 Å². The molecule has 1 atom stereocenters. The van der Waals surface area contributed by atoms with Gasteiger partial charge in [0.1, 0.15) is 0 Å². The van der Waals surface area contributed by atoms with Crippen molar-refractivity contribution in [3.05, 3.63) is 23.8 Å². The van der Waals surface area contributed by atoms with E-state index >= 15 is 0 Å². The smallest absolute Gasteiger partial charge is 0.335 e. The first-order chi connectivity index (χ1) is 9.54. The first-order valence-corrected chi connectivity index (χ1v) is 6.93. The number of amides is 1. The molecule has 0 aromatic heterocycles. The number of rotatable bonds is 4. The molecule has 21 heavy (non-hydrogen) atoms. The molecule has 1 unspecified atom stereocenters. The lowest BCUT2D eigenvalue weighted by Gasteiger charge is -2.29. The van der Waals surface area contributed by atoms with E-state index in [1.807, 2.05) is 6.92 Å². The van der Waals surface area contributed by atoms with E-state index in [0.29, 0.717) is 12.1 Å². The quantitative estimate of drug-likeness (QED) is 0.836. The Balaban J connectivity index is 2.91. The second kappa shape index (κ2) is 6.16. The summed E-state index contributed by atoms with van der Waals surface area (Å²) in [4.78, 5) is 24.7. The fourth-order valence-corrected chi connectivity index (χ4v) is 1.83. The monoisotopic (exact) mass is 292 g/mol. The van der Waals surface area contributed by atoms with E-state index in [1.54, 1.807) is 13.1 Å². The van der Waals surface area contributed by atoms with Crippen LogP contribution in [0.5, 0.6) is 0 Å². The third-order valence-corrected chi connectivity index (χ3v) is 3.97. The zero-order valence-corrected chi connectivity index (χ0v) is 13.3. The van der Waals surface area contributed by atoms with Crippen molar-refractivity contribution in [2.45, 2.75) is 34.1 Å². The largest absolute Gasteiger partial charge is 0.478 e. The van der Waals surface area contributed by atoms with Crippen LogP contribution in [0.4, 0.5) is 11.4 Å². The van der Waals surface area contributed by atoms with E-state index in [9.17, 15) is 9.59 Å². The van der Waals surface area contributed by atoms with E-state index in [4.69, 9.17) is 10.8 Å². The van der Waals surface area contributed by atoms with Gasteiger partial charge in [-0.15, -0.1) is 0 Å². The lowest BCUT2D eigenvalue weighted by Crippen LogP contribution is -2.31. The first kappa shape index (κ1) is 17.0. The molecule has 0 fully saturated rings. The van der Waals surface area contributed by atoms with Crippen LogP contribution in [0.3, 0.4) is 0 Å². The average molecular weight is 292 g/mol. The van der Waals surface area contributed by atoms with E-state index in [-0.39, 0.29) is 28.5 Å². The second-order valence-corrected chi connectivity index (χ2v) is 6.50. The highest BCUT2D eigenvalue weighted by Gasteiger charge is 2.25. The highest BCUT2D eigenvalue weighted by molar-refractivity contribution is 5.97. The van der Waals surface area contributed by atoms with Crippen LogP contribution in [0.1, 0.15) is 44.5 Å². The van der Waals surface area contributed by atoms with Gasteiger partial charge >= 0.3 is 5.97 Å². The number of nitrogen functional groups attached to an aromatic ring is 1. The fraction of sp³-hybridized carbons (Fsp3) is 0.500. The van der Waals surface area contributed by atoms with Crippen LogP contribution < -0.4 is 10.6 Å². The number of hydrogen-bond acceptors (Lipinski definition) is 3. The molecule has 5 nitrogen and oxygen atoms in total. The Hall–Kier alpha value is -2.04. The van der Waals surface area contributed by atoms with Crippen LogP contribution in [-0.2, 0) is 4.79 Å². The zero-order valence-electron chi connectivity index (χ0n) is 13.3. The van der Waals surface area contributed by atoms with Crippen molar-refractivity contribution in [3.63, 3.8) is 0 Å². The van der Waals surface area contributed by atoms with Crippen molar-refractivity contribution in [3.8, 4) is 0 Å². The number of hydrogen-bond donors (Lipinski definition) is 2. The molecule has 1 rings (SSSR count). The minimum atomic E-state index is -1.04. The van der Waals surface area contributed by atoms with E-state index < -0.39 is 5.97 Å².